The summed E-state index contributed by atoms with van der Waals surface area (Å²) in [7, 11) is 0. The van der Waals surface area contributed by atoms with Crippen LogP contribution in [0.4, 0.5) is 0 Å². The van der Waals surface area contributed by atoms with E-state index in [-0.39, 0.29) is 17.6 Å². The Labute approximate surface area is 115 Å². The van der Waals surface area contributed by atoms with Crippen LogP contribution in [-0.4, -0.2) is 29.1 Å². The molecule has 2 atom stereocenters. The summed E-state index contributed by atoms with van der Waals surface area (Å²) in [5, 5.41) is 4.05. The number of aromatic nitrogens is 2. The van der Waals surface area contributed by atoms with Crippen LogP contribution in [0.2, 0.25) is 0 Å². The second-order valence-corrected chi connectivity index (χ2v) is 5.29. The first-order chi connectivity index (χ1) is 9.83. The third kappa shape index (κ3) is 1.78. The van der Waals surface area contributed by atoms with Crippen LogP contribution in [0, 0.1) is 0 Å². The molecule has 2 unspecified atom stereocenters. The van der Waals surface area contributed by atoms with Crippen molar-refractivity contribution in [1.82, 2.24) is 10.1 Å². The summed E-state index contributed by atoms with van der Waals surface area (Å²) in [4.78, 5) is 16.3. The van der Waals surface area contributed by atoms with Gasteiger partial charge in [-0.1, -0.05) is 29.4 Å². The Hall–Kier alpha value is -2.01. The van der Waals surface area contributed by atoms with E-state index >= 15 is 0 Å². The van der Waals surface area contributed by atoms with Crippen LogP contribution in [-0.2, 0) is 16.0 Å². The second kappa shape index (κ2) is 4.52. The van der Waals surface area contributed by atoms with Crippen LogP contribution in [0.5, 0.6) is 0 Å². The summed E-state index contributed by atoms with van der Waals surface area (Å²) in [6.07, 6.45) is 1.36. The van der Waals surface area contributed by atoms with Crippen molar-refractivity contribution in [2.45, 2.75) is 24.7 Å². The molecule has 2 aromatic rings. The lowest BCUT2D eigenvalue weighted by Crippen LogP contribution is -2.26. The van der Waals surface area contributed by atoms with Crippen molar-refractivity contribution in [3.8, 4) is 0 Å². The Kier molecular flexibility index (Phi) is 2.67. The predicted octanol–water partition coefficient (Wildman–Crippen LogP) is 1.83. The number of ether oxygens (including phenoxy) is 1. The SMILES string of the molecule is O=C1CCOCC1c1nc(C2Cc3ccccc32)no1. The molecule has 0 N–H and O–H groups in total. The van der Waals surface area contributed by atoms with Gasteiger partial charge in [-0.25, -0.2) is 0 Å². The Morgan fingerprint density at radius 3 is 2.95 bits per heavy atom. The largest absolute Gasteiger partial charge is 0.380 e. The van der Waals surface area contributed by atoms with E-state index in [0.717, 1.165) is 6.42 Å². The van der Waals surface area contributed by atoms with E-state index in [1.165, 1.54) is 11.1 Å². The molecule has 5 nitrogen and oxygen atoms in total. The van der Waals surface area contributed by atoms with Crippen LogP contribution >= 0.6 is 0 Å². The van der Waals surface area contributed by atoms with Crippen molar-refractivity contribution in [2.75, 3.05) is 13.2 Å². The summed E-state index contributed by atoms with van der Waals surface area (Å²) >= 11 is 0. The molecule has 2 heterocycles. The fraction of sp³-hybridized carbons (Fsp3) is 0.400. The van der Waals surface area contributed by atoms with Crippen LogP contribution in [0.1, 0.15) is 41.1 Å². The van der Waals surface area contributed by atoms with Crippen molar-refractivity contribution in [1.29, 1.82) is 0 Å². The maximum Gasteiger partial charge on any atom is 0.239 e. The molecule has 5 heteroatoms. The lowest BCUT2D eigenvalue weighted by molar-refractivity contribution is -0.127. The highest BCUT2D eigenvalue weighted by atomic mass is 16.5. The van der Waals surface area contributed by atoms with E-state index < -0.39 is 0 Å². The minimum absolute atomic E-state index is 0.125. The van der Waals surface area contributed by atoms with Crippen molar-refractivity contribution >= 4 is 5.78 Å². The van der Waals surface area contributed by atoms with Gasteiger partial charge in [0.15, 0.2) is 5.82 Å². The monoisotopic (exact) mass is 270 g/mol. The Morgan fingerprint density at radius 1 is 1.20 bits per heavy atom. The molecule has 1 saturated heterocycles. The van der Waals surface area contributed by atoms with Gasteiger partial charge in [-0.3, -0.25) is 4.79 Å². The van der Waals surface area contributed by atoms with Gasteiger partial charge in [-0.05, 0) is 17.5 Å². The van der Waals surface area contributed by atoms with Crippen LogP contribution < -0.4 is 0 Å². The van der Waals surface area contributed by atoms with E-state index in [4.69, 9.17) is 9.26 Å². The first kappa shape index (κ1) is 11.8. The Bertz CT molecular complexity index is 665. The maximum absolute atomic E-state index is 11.8. The third-order valence-electron chi connectivity index (χ3n) is 4.09. The zero-order chi connectivity index (χ0) is 13.5. The van der Waals surface area contributed by atoms with Gasteiger partial charge in [0.2, 0.25) is 5.89 Å². The third-order valence-corrected chi connectivity index (χ3v) is 4.09. The van der Waals surface area contributed by atoms with E-state index in [0.29, 0.717) is 31.3 Å². The first-order valence-electron chi connectivity index (χ1n) is 6.84. The average molecular weight is 270 g/mol. The van der Waals surface area contributed by atoms with Crippen LogP contribution in [0.25, 0.3) is 0 Å². The molecule has 4 rings (SSSR count). The molecular formula is C15H14N2O3. The number of ketones is 1. The number of hydrogen-bond donors (Lipinski definition) is 0. The number of carbonyl (C=O) groups is 1. The molecule has 1 aliphatic carbocycles. The summed E-state index contributed by atoms with van der Waals surface area (Å²) in [6.45, 7) is 0.841. The zero-order valence-corrected chi connectivity index (χ0v) is 10.9. The second-order valence-electron chi connectivity index (χ2n) is 5.29. The van der Waals surface area contributed by atoms with Crippen molar-refractivity contribution in [2.24, 2.45) is 0 Å². The van der Waals surface area contributed by atoms with Crippen LogP contribution in [0.3, 0.4) is 0 Å². The molecule has 0 amide bonds. The molecule has 0 spiro atoms. The lowest BCUT2D eigenvalue weighted by Gasteiger charge is -2.27. The number of Topliss-reactive ketones (excluding diaryl/α,β-unsaturated/α-hetero) is 1. The van der Waals surface area contributed by atoms with Crippen molar-refractivity contribution in [3.63, 3.8) is 0 Å². The topological polar surface area (TPSA) is 65.2 Å². The summed E-state index contributed by atoms with van der Waals surface area (Å²) in [5.74, 6) is 1.01. The van der Waals surface area contributed by atoms with Crippen molar-refractivity contribution in [3.05, 3.63) is 47.1 Å². The summed E-state index contributed by atoms with van der Waals surface area (Å²) < 4.78 is 10.6. The highest BCUT2D eigenvalue weighted by molar-refractivity contribution is 5.85. The van der Waals surface area contributed by atoms with Crippen molar-refractivity contribution < 1.29 is 14.1 Å². The van der Waals surface area contributed by atoms with E-state index in [1.807, 2.05) is 12.1 Å². The highest BCUT2D eigenvalue weighted by Crippen LogP contribution is 2.38. The summed E-state index contributed by atoms with van der Waals surface area (Å²) in [5.41, 5.74) is 2.59. The molecule has 1 aromatic heterocycles. The molecule has 1 fully saturated rings. The molecule has 1 aromatic carbocycles. The fourth-order valence-corrected chi connectivity index (χ4v) is 2.87. The molecular weight excluding hydrogens is 256 g/mol. The van der Waals surface area contributed by atoms with Gasteiger partial charge < -0.3 is 9.26 Å². The van der Waals surface area contributed by atoms with Gasteiger partial charge in [0.05, 0.1) is 19.1 Å². The van der Waals surface area contributed by atoms with Gasteiger partial charge >= 0.3 is 0 Å². The van der Waals surface area contributed by atoms with E-state index in [9.17, 15) is 4.79 Å². The predicted molar refractivity (Wildman–Crippen MR) is 69.5 cm³/mol. The van der Waals surface area contributed by atoms with Gasteiger partial charge in [-0.15, -0.1) is 0 Å². The average Bonchev–Trinajstić information content (AvgIpc) is 2.90. The lowest BCUT2D eigenvalue weighted by atomic mass is 9.77. The normalized spacial score (nSPS) is 25.1. The van der Waals surface area contributed by atoms with E-state index in [1.54, 1.807) is 0 Å². The minimum atomic E-state index is -0.389. The van der Waals surface area contributed by atoms with Gasteiger partial charge in [0.1, 0.15) is 11.7 Å². The van der Waals surface area contributed by atoms with E-state index in [2.05, 4.69) is 22.3 Å². The fourth-order valence-electron chi connectivity index (χ4n) is 2.87. The number of rotatable bonds is 2. The Morgan fingerprint density at radius 2 is 2.10 bits per heavy atom. The zero-order valence-electron chi connectivity index (χ0n) is 10.9. The van der Waals surface area contributed by atoms with Gasteiger partial charge in [0, 0.05) is 6.42 Å². The molecule has 0 radical (unpaired) electrons. The highest BCUT2D eigenvalue weighted by Gasteiger charge is 2.34. The first-order valence-corrected chi connectivity index (χ1v) is 6.84. The molecule has 0 saturated carbocycles. The minimum Gasteiger partial charge on any atom is -0.380 e. The van der Waals surface area contributed by atoms with Gasteiger partial charge in [-0.2, -0.15) is 4.98 Å². The maximum atomic E-state index is 11.8. The standard InChI is InChI=1S/C15H14N2O3/c18-13-5-6-19-8-12(13)15-16-14(17-20-15)11-7-9-3-1-2-4-10(9)11/h1-4,11-12H,5-8H2. The smallest absolute Gasteiger partial charge is 0.239 e. The molecule has 2 aliphatic rings. The number of carbonyl (C=O) groups excluding carboxylic acids is 1. The Balaban J connectivity index is 1.59. The molecule has 0 bridgehead atoms. The quantitative estimate of drug-likeness (QED) is 0.833. The number of fused-ring (bicyclic) bond motifs is 1. The van der Waals surface area contributed by atoms with Crippen LogP contribution in [0.15, 0.2) is 28.8 Å². The molecule has 1 aliphatic heterocycles. The molecule has 20 heavy (non-hydrogen) atoms. The molecule has 102 valence electrons. The summed E-state index contributed by atoms with van der Waals surface area (Å²) in [6, 6.07) is 8.26. The number of hydrogen-bond acceptors (Lipinski definition) is 5. The number of benzene rings is 1. The number of nitrogens with zero attached hydrogens (tertiary/aromatic N) is 2. The van der Waals surface area contributed by atoms with Gasteiger partial charge in [0.25, 0.3) is 0 Å².